The predicted octanol–water partition coefficient (Wildman–Crippen LogP) is 2.56. The number of pyridine rings is 1. The van der Waals surface area contributed by atoms with Crippen LogP contribution in [0.5, 0.6) is 0 Å². The zero-order chi connectivity index (χ0) is 12.3. The van der Waals surface area contributed by atoms with Crippen LogP contribution in [0.15, 0.2) is 42.1 Å². The van der Waals surface area contributed by atoms with E-state index in [1.54, 1.807) is 0 Å². The number of allylic oxidation sites excluding steroid dienone is 1. The van der Waals surface area contributed by atoms with Crippen molar-refractivity contribution in [3.8, 4) is 11.8 Å². The van der Waals surface area contributed by atoms with Crippen molar-refractivity contribution in [2.24, 2.45) is 0 Å². The molecule has 0 aromatic carbocycles. The lowest BCUT2D eigenvalue weighted by Gasteiger charge is -2.20. The minimum atomic E-state index is -0.0191. The van der Waals surface area contributed by atoms with Crippen LogP contribution in [0.3, 0.4) is 0 Å². The van der Waals surface area contributed by atoms with Gasteiger partial charge in [0.2, 0.25) is 0 Å². The van der Waals surface area contributed by atoms with Gasteiger partial charge in [-0.05, 0) is 62.7 Å². The molecule has 1 aliphatic heterocycles. The molecule has 0 bridgehead atoms. The third-order valence-electron chi connectivity index (χ3n) is 2.74. The molecule has 2 nitrogen and oxygen atoms in total. The Bertz CT molecular complexity index is 540. The Morgan fingerprint density at radius 3 is 2.82 bits per heavy atom. The number of rotatable bonds is 0. The Balaban J connectivity index is 2.18. The fourth-order valence-corrected chi connectivity index (χ4v) is 1.66. The van der Waals surface area contributed by atoms with E-state index in [9.17, 15) is 0 Å². The van der Waals surface area contributed by atoms with Gasteiger partial charge in [-0.3, -0.25) is 0 Å². The van der Waals surface area contributed by atoms with Crippen molar-refractivity contribution in [1.82, 2.24) is 10.3 Å². The number of hydrogen-bond donors (Lipinski definition) is 1. The average Bonchev–Trinajstić information content (AvgIpc) is 2.58. The Kier molecular flexibility index (Phi) is 3.01. The van der Waals surface area contributed by atoms with Crippen LogP contribution in [0, 0.1) is 18.8 Å². The third-order valence-corrected chi connectivity index (χ3v) is 2.74. The zero-order valence-corrected chi connectivity index (χ0v) is 10.4. The third kappa shape index (κ3) is 2.76. The minimum Gasteiger partial charge on any atom is -0.382 e. The Morgan fingerprint density at radius 2 is 2.18 bits per heavy atom. The second kappa shape index (κ2) is 4.47. The average molecular weight is 224 g/mol. The summed E-state index contributed by atoms with van der Waals surface area (Å²) in [6.07, 6.45) is 5.96. The van der Waals surface area contributed by atoms with Crippen molar-refractivity contribution in [2.75, 3.05) is 0 Å². The molecule has 17 heavy (non-hydrogen) atoms. The number of hydrogen-bond acceptors (Lipinski definition) is 2. The van der Waals surface area contributed by atoms with Crippen LogP contribution in [-0.2, 0) is 0 Å². The van der Waals surface area contributed by atoms with Crippen molar-refractivity contribution in [2.45, 2.75) is 26.3 Å². The standard InChI is InChI=1S/C15H16N2/c1-12-6-4-8-14(17-12)9-5-7-13-10-11-16-15(13,2)3/h4,6-8,10-11,16H,1-3H3/b13-7+. The SMILES string of the molecule is Cc1cccc(C#C/C=C2\C=CNC2(C)C)n1. The first-order valence-corrected chi connectivity index (χ1v) is 5.68. The first-order valence-electron chi connectivity index (χ1n) is 5.68. The molecular formula is C15H16N2. The Hall–Kier alpha value is -2.01. The van der Waals surface area contributed by atoms with Crippen LogP contribution in [0.2, 0.25) is 0 Å². The molecule has 0 atom stereocenters. The van der Waals surface area contributed by atoms with Crippen LogP contribution in [0.4, 0.5) is 0 Å². The summed E-state index contributed by atoms with van der Waals surface area (Å²) in [6.45, 7) is 6.23. The van der Waals surface area contributed by atoms with E-state index in [4.69, 9.17) is 0 Å². The lowest BCUT2D eigenvalue weighted by Crippen LogP contribution is -2.32. The van der Waals surface area contributed by atoms with Crippen molar-refractivity contribution < 1.29 is 0 Å². The number of nitrogens with one attached hydrogen (secondary N) is 1. The lowest BCUT2D eigenvalue weighted by molar-refractivity contribution is 0.554. The zero-order valence-electron chi connectivity index (χ0n) is 10.4. The highest BCUT2D eigenvalue weighted by atomic mass is 15.0. The van der Waals surface area contributed by atoms with Crippen LogP contribution in [0.25, 0.3) is 0 Å². The van der Waals surface area contributed by atoms with Crippen LogP contribution in [-0.4, -0.2) is 10.5 Å². The second-order valence-corrected chi connectivity index (χ2v) is 4.64. The number of nitrogens with zero attached hydrogens (tertiary/aromatic N) is 1. The normalized spacial score (nSPS) is 18.6. The topological polar surface area (TPSA) is 24.9 Å². The molecule has 1 aromatic heterocycles. The maximum atomic E-state index is 4.34. The molecule has 1 N–H and O–H groups in total. The van der Waals surface area contributed by atoms with Crippen LogP contribution in [0.1, 0.15) is 25.2 Å². The highest BCUT2D eigenvalue weighted by Gasteiger charge is 2.22. The monoisotopic (exact) mass is 224 g/mol. The van der Waals surface area contributed by atoms with Crippen molar-refractivity contribution in [1.29, 1.82) is 0 Å². The summed E-state index contributed by atoms with van der Waals surface area (Å²) in [6, 6.07) is 5.86. The molecule has 0 amide bonds. The van der Waals surface area contributed by atoms with Crippen molar-refractivity contribution in [3.63, 3.8) is 0 Å². The van der Waals surface area contributed by atoms with Gasteiger partial charge in [-0.2, -0.15) is 0 Å². The Labute approximate surface area is 102 Å². The van der Waals surface area contributed by atoms with Gasteiger partial charge in [0.05, 0.1) is 5.54 Å². The fraction of sp³-hybridized carbons (Fsp3) is 0.267. The van der Waals surface area contributed by atoms with E-state index in [2.05, 4.69) is 42.1 Å². The van der Waals surface area contributed by atoms with Gasteiger partial charge >= 0.3 is 0 Å². The molecule has 86 valence electrons. The highest BCUT2D eigenvalue weighted by Crippen LogP contribution is 2.21. The quantitative estimate of drug-likeness (QED) is 0.685. The maximum Gasteiger partial charge on any atom is 0.113 e. The van der Waals surface area contributed by atoms with Gasteiger partial charge in [-0.25, -0.2) is 4.98 Å². The molecule has 1 aliphatic rings. The Morgan fingerprint density at radius 1 is 1.35 bits per heavy atom. The van der Waals surface area contributed by atoms with Crippen LogP contribution < -0.4 is 5.32 Å². The molecule has 0 saturated carbocycles. The summed E-state index contributed by atoms with van der Waals surface area (Å²) in [5, 5.41) is 3.27. The first-order chi connectivity index (χ1) is 8.08. The highest BCUT2D eigenvalue weighted by molar-refractivity contribution is 5.42. The molecule has 0 radical (unpaired) electrons. The van der Waals surface area contributed by atoms with E-state index in [1.165, 1.54) is 5.57 Å². The number of aryl methyl sites for hydroxylation is 1. The second-order valence-electron chi connectivity index (χ2n) is 4.64. The number of aromatic nitrogens is 1. The summed E-state index contributed by atoms with van der Waals surface area (Å²) in [7, 11) is 0. The molecule has 0 aliphatic carbocycles. The molecule has 2 rings (SSSR count). The summed E-state index contributed by atoms with van der Waals surface area (Å²) >= 11 is 0. The predicted molar refractivity (Wildman–Crippen MR) is 70.3 cm³/mol. The lowest BCUT2D eigenvalue weighted by atomic mass is 9.97. The molecule has 0 unspecified atom stereocenters. The minimum absolute atomic E-state index is 0.0191. The van der Waals surface area contributed by atoms with E-state index in [0.29, 0.717) is 0 Å². The van der Waals surface area contributed by atoms with E-state index < -0.39 is 0 Å². The van der Waals surface area contributed by atoms with E-state index in [1.807, 2.05) is 37.4 Å². The first kappa shape index (κ1) is 11.5. The summed E-state index contributed by atoms with van der Waals surface area (Å²) < 4.78 is 0. The molecule has 2 heteroatoms. The molecule has 0 fully saturated rings. The van der Waals surface area contributed by atoms with Crippen molar-refractivity contribution >= 4 is 0 Å². The summed E-state index contributed by atoms with van der Waals surface area (Å²) in [5.74, 6) is 6.11. The largest absolute Gasteiger partial charge is 0.382 e. The van der Waals surface area contributed by atoms with Gasteiger partial charge in [0, 0.05) is 5.69 Å². The maximum absolute atomic E-state index is 4.34. The van der Waals surface area contributed by atoms with E-state index in [0.717, 1.165) is 11.4 Å². The van der Waals surface area contributed by atoms with Gasteiger partial charge in [0.1, 0.15) is 5.69 Å². The molecular weight excluding hydrogens is 208 g/mol. The van der Waals surface area contributed by atoms with E-state index in [-0.39, 0.29) is 5.54 Å². The van der Waals surface area contributed by atoms with Gasteiger partial charge in [-0.1, -0.05) is 12.0 Å². The summed E-state index contributed by atoms with van der Waals surface area (Å²) in [5.41, 5.74) is 2.98. The van der Waals surface area contributed by atoms with Gasteiger partial charge in [0.15, 0.2) is 0 Å². The summed E-state index contributed by atoms with van der Waals surface area (Å²) in [4.78, 5) is 4.34. The van der Waals surface area contributed by atoms with E-state index >= 15 is 0 Å². The fourth-order valence-electron chi connectivity index (χ4n) is 1.66. The van der Waals surface area contributed by atoms with Gasteiger partial charge in [-0.15, -0.1) is 0 Å². The molecule has 0 saturated heterocycles. The molecule has 0 spiro atoms. The molecule has 2 heterocycles. The van der Waals surface area contributed by atoms with Crippen LogP contribution >= 0.6 is 0 Å². The molecule has 1 aromatic rings. The van der Waals surface area contributed by atoms with Gasteiger partial charge < -0.3 is 5.32 Å². The smallest absolute Gasteiger partial charge is 0.113 e. The van der Waals surface area contributed by atoms with Gasteiger partial charge in [0.25, 0.3) is 0 Å². The van der Waals surface area contributed by atoms with Crippen molar-refractivity contribution in [3.05, 3.63) is 53.5 Å².